The van der Waals surface area contributed by atoms with E-state index in [-0.39, 0.29) is 12.6 Å². The highest BCUT2D eigenvalue weighted by Gasteiger charge is 2.27. The van der Waals surface area contributed by atoms with Gasteiger partial charge in [-0.05, 0) is 18.4 Å². The molecule has 1 rings (SSSR count). The molecule has 1 aromatic rings. The quantitative estimate of drug-likeness (QED) is 0.787. The third-order valence-corrected chi connectivity index (χ3v) is 2.99. The van der Waals surface area contributed by atoms with Gasteiger partial charge in [0.2, 0.25) is 0 Å². The molecule has 0 fully saturated rings. The number of rotatable bonds is 6. The SMILES string of the molecule is CC(NCCOCC(F)(F)F)c1cccs1. The smallest absolute Gasteiger partial charge is 0.371 e. The molecule has 16 heavy (non-hydrogen) atoms. The normalized spacial score (nSPS) is 14.0. The highest BCUT2D eigenvalue weighted by atomic mass is 32.1. The van der Waals surface area contributed by atoms with Crippen LogP contribution in [0.2, 0.25) is 0 Å². The number of ether oxygens (including phenoxy) is 1. The molecule has 0 saturated carbocycles. The number of nitrogens with one attached hydrogen (secondary N) is 1. The van der Waals surface area contributed by atoms with E-state index in [1.54, 1.807) is 11.3 Å². The Morgan fingerprint density at radius 3 is 2.81 bits per heavy atom. The van der Waals surface area contributed by atoms with Gasteiger partial charge in [0, 0.05) is 17.5 Å². The number of halogens is 3. The molecular formula is C10H14F3NOS. The summed E-state index contributed by atoms with van der Waals surface area (Å²) in [6, 6.07) is 4.08. The molecule has 0 radical (unpaired) electrons. The van der Waals surface area contributed by atoms with Crippen LogP contribution in [0.1, 0.15) is 17.8 Å². The zero-order valence-electron chi connectivity index (χ0n) is 8.88. The maximum absolute atomic E-state index is 11.7. The largest absolute Gasteiger partial charge is 0.411 e. The van der Waals surface area contributed by atoms with Crippen molar-refractivity contribution >= 4 is 11.3 Å². The predicted molar refractivity (Wildman–Crippen MR) is 57.6 cm³/mol. The average molecular weight is 253 g/mol. The summed E-state index contributed by atoms with van der Waals surface area (Å²) in [4.78, 5) is 1.16. The average Bonchev–Trinajstić information content (AvgIpc) is 2.67. The van der Waals surface area contributed by atoms with Crippen LogP contribution < -0.4 is 5.32 Å². The molecule has 0 amide bonds. The molecule has 0 spiro atoms. The van der Waals surface area contributed by atoms with Crippen LogP contribution >= 0.6 is 11.3 Å². The summed E-state index contributed by atoms with van der Waals surface area (Å²) in [6.07, 6.45) is -4.24. The van der Waals surface area contributed by atoms with Gasteiger partial charge in [-0.15, -0.1) is 11.3 Å². The Morgan fingerprint density at radius 1 is 1.50 bits per heavy atom. The van der Waals surface area contributed by atoms with Crippen molar-refractivity contribution in [1.82, 2.24) is 5.32 Å². The Morgan fingerprint density at radius 2 is 2.25 bits per heavy atom. The maximum Gasteiger partial charge on any atom is 0.411 e. The molecule has 0 saturated heterocycles. The standard InChI is InChI=1S/C10H14F3NOS/c1-8(9-3-2-6-16-9)14-4-5-15-7-10(11,12)13/h2-3,6,8,14H,4-5,7H2,1H3. The second-order valence-corrected chi connectivity index (χ2v) is 4.34. The van der Waals surface area contributed by atoms with E-state index in [1.807, 2.05) is 24.4 Å². The fourth-order valence-corrected chi connectivity index (χ4v) is 1.93. The van der Waals surface area contributed by atoms with Gasteiger partial charge in [-0.3, -0.25) is 0 Å². The van der Waals surface area contributed by atoms with Crippen LogP contribution in [0.15, 0.2) is 17.5 Å². The third-order valence-electron chi connectivity index (χ3n) is 1.93. The molecule has 2 nitrogen and oxygen atoms in total. The van der Waals surface area contributed by atoms with Gasteiger partial charge in [-0.1, -0.05) is 6.07 Å². The molecule has 0 aromatic carbocycles. The van der Waals surface area contributed by atoms with E-state index in [9.17, 15) is 13.2 Å². The first-order valence-corrected chi connectivity index (χ1v) is 5.78. The summed E-state index contributed by atoms with van der Waals surface area (Å²) in [5.41, 5.74) is 0. The molecule has 1 heterocycles. The van der Waals surface area contributed by atoms with Gasteiger partial charge in [-0.2, -0.15) is 13.2 Å². The molecule has 1 atom stereocenters. The molecule has 0 aliphatic heterocycles. The molecule has 0 aliphatic rings. The van der Waals surface area contributed by atoms with E-state index in [0.29, 0.717) is 6.54 Å². The number of hydrogen-bond acceptors (Lipinski definition) is 3. The number of hydrogen-bond donors (Lipinski definition) is 1. The van der Waals surface area contributed by atoms with Crippen molar-refractivity contribution in [2.24, 2.45) is 0 Å². The minimum absolute atomic E-state index is 0.0647. The maximum atomic E-state index is 11.7. The fourth-order valence-electron chi connectivity index (χ4n) is 1.17. The number of thiophene rings is 1. The van der Waals surface area contributed by atoms with Crippen LogP contribution in [0, 0.1) is 0 Å². The number of alkyl halides is 3. The summed E-state index contributed by atoms with van der Waals surface area (Å²) in [6.45, 7) is 1.27. The fraction of sp³-hybridized carbons (Fsp3) is 0.600. The zero-order valence-corrected chi connectivity index (χ0v) is 9.70. The lowest BCUT2D eigenvalue weighted by Gasteiger charge is -2.12. The van der Waals surface area contributed by atoms with Crippen molar-refractivity contribution < 1.29 is 17.9 Å². The second kappa shape index (κ2) is 6.22. The lowest BCUT2D eigenvalue weighted by Crippen LogP contribution is -2.25. The Bertz CT molecular complexity index is 287. The van der Waals surface area contributed by atoms with Gasteiger partial charge in [0.1, 0.15) is 6.61 Å². The monoisotopic (exact) mass is 253 g/mol. The molecule has 6 heteroatoms. The highest BCUT2D eigenvalue weighted by molar-refractivity contribution is 7.10. The van der Waals surface area contributed by atoms with Gasteiger partial charge in [-0.25, -0.2) is 0 Å². The Hall–Kier alpha value is -0.590. The first-order chi connectivity index (χ1) is 7.49. The van der Waals surface area contributed by atoms with E-state index in [1.165, 1.54) is 0 Å². The lowest BCUT2D eigenvalue weighted by atomic mass is 10.3. The van der Waals surface area contributed by atoms with Crippen molar-refractivity contribution in [3.8, 4) is 0 Å². The van der Waals surface area contributed by atoms with E-state index in [4.69, 9.17) is 0 Å². The second-order valence-electron chi connectivity index (χ2n) is 3.36. The summed E-state index contributed by atoms with van der Waals surface area (Å²) in [5.74, 6) is 0. The summed E-state index contributed by atoms with van der Waals surface area (Å²) >= 11 is 1.62. The zero-order chi connectivity index (χ0) is 12.0. The van der Waals surface area contributed by atoms with Crippen molar-refractivity contribution in [3.63, 3.8) is 0 Å². The third kappa shape index (κ3) is 5.48. The van der Waals surface area contributed by atoms with Crippen LogP contribution in [0.5, 0.6) is 0 Å². The molecule has 0 bridgehead atoms. The van der Waals surface area contributed by atoms with Crippen molar-refractivity contribution in [2.45, 2.75) is 19.1 Å². The molecule has 92 valence electrons. The van der Waals surface area contributed by atoms with Crippen molar-refractivity contribution in [3.05, 3.63) is 22.4 Å². The first kappa shape index (κ1) is 13.5. The minimum atomic E-state index is -4.24. The Kier molecular flexibility index (Phi) is 5.24. The molecule has 1 N–H and O–H groups in total. The molecule has 0 aliphatic carbocycles. The summed E-state index contributed by atoms with van der Waals surface area (Å²) in [5, 5.41) is 5.06. The van der Waals surface area contributed by atoms with Gasteiger partial charge < -0.3 is 10.1 Å². The van der Waals surface area contributed by atoms with Gasteiger partial charge in [0.15, 0.2) is 0 Å². The lowest BCUT2D eigenvalue weighted by molar-refractivity contribution is -0.173. The van der Waals surface area contributed by atoms with Crippen LogP contribution in [-0.2, 0) is 4.74 Å². The van der Waals surface area contributed by atoms with Crippen LogP contribution in [-0.4, -0.2) is 25.9 Å². The topological polar surface area (TPSA) is 21.3 Å². The van der Waals surface area contributed by atoms with E-state index in [2.05, 4.69) is 10.1 Å². The highest BCUT2D eigenvalue weighted by Crippen LogP contribution is 2.17. The predicted octanol–water partition coefficient (Wildman–Crippen LogP) is 2.98. The van der Waals surface area contributed by atoms with Crippen LogP contribution in [0.4, 0.5) is 13.2 Å². The summed E-state index contributed by atoms with van der Waals surface area (Å²) in [7, 11) is 0. The Labute approximate surface area is 96.4 Å². The van der Waals surface area contributed by atoms with Gasteiger partial charge in [0.05, 0.1) is 6.61 Å². The van der Waals surface area contributed by atoms with Crippen molar-refractivity contribution in [1.29, 1.82) is 0 Å². The van der Waals surface area contributed by atoms with Gasteiger partial charge in [0.25, 0.3) is 0 Å². The summed E-state index contributed by atoms with van der Waals surface area (Å²) < 4.78 is 39.6. The first-order valence-electron chi connectivity index (χ1n) is 4.90. The van der Waals surface area contributed by atoms with Crippen LogP contribution in [0.3, 0.4) is 0 Å². The van der Waals surface area contributed by atoms with Crippen LogP contribution in [0.25, 0.3) is 0 Å². The van der Waals surface area contributed by atoms with Crippen molar-refractivity contribution in [2.75, 3.05) is 19.8 Å². The molecule has 1 unspecified atom stereocenters. The molecular weight excluding hydrogens is 239 g/mol. The van der Waals surface area contributed by atoms with Gasteiger partial charge >= 0.3 is 6.18 Å². The van der Waals surface area contributed by atoms with E-state index < -0.39 is 12.8 Å². The minimum Gasteiger partial charge on any atom is -0.371 e. The molecule has 1 aromatic heterocycles. The van der Waals surface area contributed by atoms with E-state index in [0.717, 1.165) is 4.88 Å². The van der Waals surface area contributed by atoms with E-state index >= 15 is 0 Å². The Balaban J connectivity index is 2.08.